The fraction of sp³-hybridized carbons (Fsp3) is 0.480. The summed E-state index contributed by atoms with van der Waals surface area (Å²) >= 11 is 0. The molecule has 0 radical (unpaired) electrons. The second-order valence-corrected chi connectivity index (χ2v) is 8.80. The lowest BCUT2D eigenvalue weighted by Gasteiger charge is -2.41. The van der Waals surface area contributed by atoms with Crippen LogP contribution in [0.5, 0.6) is 5.75 Å². The number of rotatable bonds is 9. The van der Waals surface area contributed by atoms with Crippen molar-refractivity contribution in [1.29, 1.82) is 0 Å². The molecule has 0 fully saturated rings. The van der Waals surface area contributed by atoms with Crippen molar-refractivity contribution in [2.24, 2.45) is 0 Å². The number of nitrogens with zero attached hydrogens (tertiary/aromatic N) is 2. The quantitative estimate of drug-likeness (QED) is 0.332. The molecule has 1 aromatic carbocycles. The summed E-state index contributed by atoms with van der Waals surface area (Å²) in [4.78, 5) is 9.22. The molecule has 184 valence electrons. The SMILES string of the molecule is Cc1c(OCCNCCCF)cncc1C1c2[nH]c3ccccc3c2C[C@@H](C)N1CC(F)(F)F. The van der Waals surface area contributed by atoms with Crippen LogP contribution in [-0.2, 0) is 6.42 Å². The van der Waals surface area contributed by atoms with Crippen LogP contribution >= 0.6 is 0 Å². The number of hydrogen-bond donors (Lipinski definition) is 2. The van der Waals surface area contributed by atoms with Crippen molar-refractivity contribution in [1.82, 2.24) is 20.2 Å². The second-order valence-electron chi connectivity index (χ2n) is 8.80. The number of benzene rings is 1. The zero-order chi connectivity index (χ0) is 24.3. The van der Waals surface area contributed by atoms with E-state index < -0.39 is 18.8 Å². The van der Waals surface area contributed by atoms with Gasteiger partial charge in [0.25, 0.3) is 0 Å². The first-order chi connectivity index (χ1) is 16.3. The van der Waals surface area contributed by atoms with E-state index in [1.165, 1.54) is 4.90 Å². The summed E-state index contributed by atoms with van der Waals surface area (Å²) in [5.74, 6) is 0.535. The van der Waals surface area contributed by atoms with E-state index in [0.29, 0.717) is 43.9 Å². The standard InChI is InChI=1S/C25H30F4N4O/c1-16-12-19-18-6-3-4-7-21(18)32-23(19)24(33(16)15-25(27,28)29)20-13-31-14-22(17(20)2)34-11-10-30-9-5-8-26/h3-4,6-7,13-14,16,24,30,32H,5,8-12,15H2,1-2H3/t16-,24?/m1/s1. The lowest BCUT2D eigenvalue weighted by Crippen LogP contribution is -2.47. The maximum Gasteiger partial charge on any atom is 0.401 e. The highest BCUT2D eigenvalue weighted by molar-refractivity contribution is 5.85. The van der Waals surface area contributed by atoms with E-state index in [2.05, 4.69) is 15.3 Å². The van der Waals surface area contributed by atoms with E-state index in [1.54, 1.807) is 12.4 Å². The van der Waals surface area contributed by atoms with E-state index in [-0.39, 0.29) is 12.7 Å². The van der Waals surface area contributed by atoms with Gasteiger partial charge in [0.2, 0.25) is 0 Å². The predicted molar refractivity (Wildman–Crippen MR) is 124 cm³/mol. The number of fused-ring (bicyclic) bond motifs is 3. The number of H-pyrrole nitrogens is 1. The molecule has 1 aliphatic rings. The van der Waals surface area contributed by atoms with Crippen LogP contribution in [0, 0.1) is 6.92 Å². The Bertz CT molecular complexity index is 1110. The van der Waals surface area contributed by atoms with Gasteiger partial charge >= 0.3 is 6.18 Å². The zero-order valence-corrected chi connectivity index (χ0v) is 19.4. The first kappa shape index (κ1) is 24.5. The van der Waals surface area contributed by atoms with Crippen LogP contribution in [0.2, 0.25) is 0 Å². The van der Waals surface area contributed by atoms with Crippen molar-refractivity contribution >= 4 is 10.9 Å². The Morgan fingerprint density at radius 1 is 1.21 bits per heavy atom. The molecule has 1 unspecified atom stereocenters. The highest BCUT2D eigenvalue weighted by Gasteiger charge is 2.42. The fourth-order valence-electron chi connectivity index (χ4n) is 4.79. The summed E-state index contributed by atoms with van der Waals surface area (Å²) in [5.41, 5.74) is 4.19. The van der Waals surface area contributed by atoms with E-state index in [4.69, 9.17) is 4.74 Å². The van der Waals surface area contributed by atoms with Gasteiger partial charge in [-0.1, -0.05) is 18.2 Å². The average molecular weight is 479 g/mol. The van der Waals surface area contributed by atoms with Gasteiger partial charge in [0.05, 0.1) is 25.5 Å². The number of aromatic amines is 1. The molecule has 2 atom stereocenters. The molecule has 9 heteroatoms. The molecule has 5 nitrogen and oxygen atoms in total. The summed E-state index contributed by atoms with van der Waals surface area (Å²) in [7, 11) is 0. The number of aromatic nitrogens is 2. The van der Waals surface area contributed by atoms with Gasteiger partial charge in [-0.3, -0.25) is 14.3 Å². The van der Waals surface area contributed by atoms with Gasteiger partial charge in [-0.2, -0.15) is 13.2 Å². The Hall–Kier alpha value is -2.65. The molecule has 0 saturated carbocycles. The Balaban J connectivity index is 1.70. The fourth-order valence-corrected chi connectivity index (χ4v) is 4.79. The van der Waals surface area contributed by atoms with E-state index >= 15 is 0 Å². The summed E-state index contributed by atoms with van der Waals surface area (Å²) in [6.45, 7) is 3.76. The monoisotopic (exact) mass is 478 g/mol. The molecule has 0 aliphatic carbocycles. The molecule has 1 aliphatic heterocycles. The van der Waals surface area contributed by atoms with Crippen LogP contribution in [0.3, 0.4) is 0 Å². The molecule has 3 heterocycles. The summed E-state index contributed by atoms with van der Waals surface area (Å²) in [6.07, 6.45) is -0.135. The van der Waals surface area contributed by atoms with Gasteiger partial charge in [0.1, 0.15) is 12.4 Å². The summed E-state index contributed by atoms with van der Waals surface area (Å²) in [6, 6.07) is 6.87. The number of ether oxygens (including phenoxy) is 1. The highest BCUT2D eigenvalue weighted by atomic mass is 19.4. The third-order valence-electron chi connectivity index (χ3n) is 6.41. The van der Waals surface area contributed by atoms with Gasteiger partial charge < -0.3 is 15.0 Å². The Morgan fingerprint density at radius 3 is 2.76 bits per heavy atom. The van der Waals surface area contributed by atoms with Crippen LogP contribution in [0.15, 0.2) is 36.7 Å². The molecular formula is C25H30F4N4O. The number of alkyl halides is 4. The van der Waals surface area contributed by atoms with Crippen LogP contribution in [0.4, 0.5) is 17.6 Å². The van der Waals surface area contributed by atoms with Crippen molar-refractivity contribution in [3.05, 3.63) is 59.0 Å². The molecule has 3 aromatic rings. The van der Waals surface area contributed by atoms with Crippen LogP contribution in [-0.4, -0.2) is 60.0 Å². The number of halogens is 4. The molecule has 2 aromatic heterocycles. The normalized spacial score (nSPS) is 18.9. The topological polar surface area (TPSA) is 53.2 Å². The number of pyridine rings is 1. The Morgan fingerprint density at radius 2 is 2.00 bits per heavy atom. The Kier molecular flexibility index (Phi) is 7.42. The van der Waals surface area contributed by atoms with E-state index in [0.717, 1.165) is 27.7 Å². The van der Waals surface area contributed by atoms with Crippen LogP contribution < -0.4 is 10.1 Å². The maximum absolute atomic E-state index is 13.6. The average Bonchev–Trinajstić information content (AvgIpc) is 3.15. The first-order valence-electron chi connectivity index (χ1n) is 11.6. The molecule has 4 rings (SSSR count). The van der Waals surface area contributed by atoms with Gasteiger partial charge in [-0.25, -0.2) is 0 Å². The molecule has 34 heavy (non-hydrogen) atoms. The van der Waals surface area contributed by atoms with Gasteiger partial charge in [-0.15, -0.1) is 0 Å². The van der Waals surface area contributed by atoms with E-state index in [9.17, 15) is 17.6 Å². The predicted octanol–water partition coefficient (Wildman–Crippen LogP) is 5.10. The van der Waals surface area contributed by atoms with Crippen molar-refractivity contribution < 1.29 is 22.3 Å². The first-order valence-corrected chi connectivity index (χ1v) is 11.6. The van der Waals surface area contributed by atoms with Crippen LogP contribution in [0.25, 0.3) is 10.9 Å². The minimum Gasteiger partial charge on any atom is -0.490 e. The number of hydrogen-bond acceptors (Lipinski definition) is 4. The molecule has 2 N–H and O–H groups in total. The third-order valence-corrected chi connectivity index (χ3v) is 6.41. The van der Waals surface area contributed by atoms with Crippen molar-refractivity contribution in [2.75, 3.05) is 32.9 Å². The van der Waals surface area contributed by atoms with Crippen LogP contribution in [0.1, 0.15) is 41.8 Å². The minimum absolute atomic E-state index is 0.318. The molecule has 0 bridgehead atoms. The van der Waals surface area contributed by atoms with Crippen molar-refractivity contribution in [2.45, 2.75) is 44.9 Å². The van der Waals surface area contributed by atoms with Gasteiger partial charge in [0, 0.05) is 40.9 Å². The zero-order valence-electron chi connectivity index (χ0n) is 19.4. The highest BCUT2D eigenvalue weighted by Crippen LogP contribution is 2.43. The maximum atomic E-state index is 13.6. The smallest absolute Gasteiger partial charge is 0.401 e. The largest absolute Gasteiger partial charge is 0.490 e. The number of para-hydroxylation sites is 1. The van der Waals surface area contributed by atoms with Gasteiger partial charge in [0.15, 0.2) is 0 Å². The van der Waals surface area contributed by atoms with E-state index in [1.807, 2.05) is 38.1 Å². The summed E-state index contributed by atoms with van der Waals surface area (Å²) < 4.78 is 59.0. The lowest BCUT2D eigenvalue weighted by molar-refractivity contribution is -0.155. The number of nitrogens with one attached hydrogen (secondary N) is 2. The molecule has 0 amide bonds. The Labute approximate surface area is 196 Å². The molecule has 0 saturated heterocycles. The molecule has 0 spiro atoms. The molecular weight excluding hydrogens is 448 g/mol. The third kappa shape index (κ3) is 5.20. The van der Waals surface area contributed by atoms with Crippen molar-refractivity contribution in [3.8, 4) is 5.75 Å². The summed E-state index contributed by atoms with van der Waals surface area (Å²) in [5, 5.41) is 4.14. The lowest BCUT2D eigenvalue weighted by atomic mass is 9.87. The second kappa shape index (κ2) is 10.3. The van der Waals surface area contributed by atoms with Crippen molar-refractivity contribution in [3.63, 3.8) is 0 Å². The minimum atomic E-state index is -4.34. The van der Waals surface area contributed by atoms with Gasteiger partial charge in [-0.05, 0) is 50.4 Å².